The largest absolute Gasteiger partial charge is 0.465 e. The second-order valence-electron chi connectivity index (χ2n) is 6.33. The Bertz CT molecular complexity index is 773. The normalized spacial score (nSPS) is 16.5. The van der Waals surface area contributed by atoms with Gasteiger partial charge in [-0.1, -0.05) is 6.07 Å². The summed E-state index contributed by atoms with van der Waals surface area (Å²) in [6, 6.07) is 8.38. The van der Waals surface area contributed by atoms with Crippen LogP contribution in [0.2, 0.25) is 0 Å². The third-order valence-electron chi connectivity index (χ3n) is 4.55. The summed E-state index contributed by atoms with van der Waals surface area (Å²) < 4.78 is 4.79. The number of rotatable bonds is 4. The Balaban J connectivity index is 1.52. The number of esters is 1. The molecule has 0 amide bonds. The zero-order chi connectivity index (χ0) is 16.5. The van der Waals surface area contributed by atoms with Crippen LogP contribution in [0.4, 0.5) is 11.6 Å². The number of methoxy groups -OCH3 is 1. The Morgan fingerprint density at radius 2 is 2.12 bits per heavy atom. The standard InChI is InChI=1S/C18H20N4O2/c1-24-18(23)13-2-3-14-10-22(7-6-12(14)8-13)17-9-16(19-11-20-17)21-15-4-5-15/h2-3,8-9,11,15H,4-7,10H2,1H3,(H,19,20,21). The van der Waals surface area contributed by atoms with Crippen molar-refractivity contribution in [2.45, 2.75) is 31.8 Å². The molecule has 1 fully saturated rings. The van der Waals surface area contributed by atoms with E-state index in [1.165, 1.54) is 31.1 Å². The molecular weight excluding hydrogens is 304 g/mol. The smallest absolute Gasteiger partial charge is 0.337 e. The number of hydrogen-bond donors (Lipinski definition) is 1. The molecule has 2 aliphatic rings. The molecule has 1 aromatic heterocycles. The number of nitrogens with one attached hydrogen (secondary N) is 1. The van der Waals surface area contributed by atoms with Crippen LogP contribution in [0.5, 0.6) is 0 Å². The van der Waals surface area contributed by atoms with Crippen LogP contribution in [0.1, 0.15) is 34.3 Å². The minimum atomic E-state index is -0.285. The molecular formula is C18H20N4O2. The minimum absolute atomic E-state index is 0.285. The van der Waals surface area contributed by atoms with Gasteiger partial charge in [0, 0.05) is 25.2 Å². The fraction of sp³-hybridized carbons (Fsp3) is 0.389. The van der Waals surface area contributed by atoms with E-state index in [0.717, 1.165) is 31.1 Å². The molecule has 0 saturated heterocycles. The molecule has 0 unspecified atom stereocenters. The van der Waals surface area contributed by atoms with Gasteiger partial charge in [0.1, 0.15) is 18.0 Å². The van der Waals surface area contributed by atoms with Crippen molar-refractivity contribution in [1.29, 1.82) is 0 Å². The van der Waals surface area contributed by atoms with E-state index in [1.807, 2.05) is 24.3 Å². The Labute approximate surface area is 140 Å². The number of anilines is 2. The van der Waals surface area contributed by atoms with Gasteiger partial charge in [-0.25, -0.2) is 14.8 Å². The lowest BCUT2D eigenvalue weighted by molar-refractivity contribution is 0.0600. The number of carbonyl (C=O) groups excluding carboxylic acids is 1. The molecule has 0 bridgehead atoms. The van der Waals surface area contributed by atoms with Gasteiger partial charge in [0.15, 0.2) is 0 Å². The molecule has 6 heteroatoms. The maximum Gasteiger partial charge on any atom is 0.337 e. The van der Waals surface area contributed by atoms with Crippen LogP contribution in [0.3, 0.4) is 0 Å². The van der Waals surface area contributed by atoms with Gasteiger partial charge < -0.3 is 15.0 Å². The zero-order valence-electron chi connectivity index (χ0n) is 13.7. The Kier molecular flexibility index (Phi) is 3.80. The van der Waals surface area contributed by atoms with Gasteiger partial charge in [0.05, 0.1) is 12.7 Å². The summed E-state index contributed by atoms with van der Waals surface area (Å²) in [6.45, 7) is 1.66. The van der Waals surface area contributed by atoms with Crippen LogP contribution < -0.4 is 10.2 Å². The molecule has 1 aromatic carbocycles. The fourth-order valence-electron chi connectivity index (χ4n) is 3.03. The summed E-state index contributed by atoms with van der Waals surface area (Å²) in [6.07, 6.45) is 4.95. The maximum atomic E-state index is 11.7. The van der Waals surface area contributed by atoms with Crippen molar-refractivity contribution in [2.24, 2.45) is 0 Å². The van der Waals surface area contributed by atoms with Gasteiger partial charge in [0.2, 0.25) is 0 Å². The highest BCUT2D eigenvalue weighted by molar-refractivity contribution is 5.89. The van der Waals surface area contributed by atoms with E-state index in [0.29, 0.717) is 11.6 Å². The first-order chi connectivity index (χ1) is 11.7. The average Bonchev–Trinajstić information content (AvgIpc) is 3.44. The van der Waals surface area contributed by atoms with Crippen molar-refractivity contribution in [3.05, 3.63) is 47.3 Å². The van der Waals surface area contributed by atoms with Gasteiger partial charge >= 0.3 is 5.97 Å². The van der Waals surface area contributed by atoms with Crippen LogP contribution >= 0.6 is 0 Å². The van der Waals surface area contributed by atoms with E-state index < -0.39 is 0 Å². The lowest BCUT2D eigenvalue weighted by Gasteiger charge is -2.30. The quantitative estimate of drug-likeness (QED) is 0.871. The van der Waals surface area contributed by atoms with Crippen molar-refractivity contribution < 1.29 is 9.53 Å². The molecule has 6 nitrogen and oxygen atoms in total. The Hall–Kier alpha value is -2.63. The highest BCUT2D eigenvalue weighted by Gasteiger charge is 2.23. The van der Waals surface area contributed by atoms with Gasteiger partial charge in [-0.2, -0.15) is 0 Å². The van der Waals surface area contributed by atoms with Crippen LogP contribution in [0.25, 0.3) is 0 Å². The van der Waals surface area contributed by atoms with Crippen molar-refractivity contribution >= 4 is 17.6 Å². The first kappa shape index (κ1) is 14.9. The molecule has 1 saturated carbocycles. The number of hydrogen-bond acceptors (Lipinski definition) is 6. The monoisotopic (exact) mass is 324 g/mol. The third-order valence-corrected chi connectivity index (χ3v) is 4.55. The molecule has 2 aromatic rings. The number of fused-ring (bicyclic) bond motifs is 1. The number of benzene rings is 1. The van der Waals surface area contributed by atoms with E-state index in [2.05, 4.69) is 20.2 Å². The predicted molar refractivity (Wildman–Crippen MR) is 91.2 cm³/mol. The topological polar surface area (TPSA) is 67.3 Å². The second kappa shape index (κ2) is 6.11. The highest BCUT2D eigenvalue weighted by Crippen LogP contribution is 2.27. The summed E-state index contributed by atoms with van der Waals surface area (Å²) in [4.78, 5) is 22.6. The lowest BCUT2D eigenvalue weighted by atomic mass is 9.97. The van der Waals surface area contributed by atoms with E-state index in [4.69, 9.17) is 4.74 Å². The zero-order valence-corrected chi connectivity index (χ0v) is 13.7. The van der Waals surface area contributed by atoms with Crippen LogP contribution in [-0.2, 0) is 17.7 Å². The molecule has 24 heavy (non-hydrogen) atoms. The van der Waals surface area contributed by atoms with E-state index in [-0.39, 0.29) is 5.97 Å². The van der Waals surface area contributed by atoms with E-state index in [1.54, 1.807) is 6.33 Å². The summed E-state index contributed by atoms with van der Waals surface area (Å²) >= 11 is 0. The van der Waals surface area contributed by atoms with E-state index in [9.17, 15) is 4.79 Å². The predicted octanol–water partition coefficient (Wildman–Crippen LogP) is 2.40. The highest BCUT2D eigenvalue weighted by atomic mass is 16.5. The second-order valence-corrected chi connectivity index (χ2v) is 6.33. The van der Waals surface area contributed by atoms with Gasteiger partial charge in [-0.15, -0.1) is 0 Å². The van der Waals surface area contributed by atoms with Crippen molar-refractivity contribution in [3.63, 3.8) is 0 Å². The number of ether oxygens (including phenoxy) is 1. The van der Waals surface area contributed by atoms with Crippen molar-refractivity contribution in [3.8, 4) is 0 Å². The summed E-state index contributed by atoms with van der Waals surface area (Å²) in [7, 11) is 1.41. The van der Waals surface area contributed by atoms with Gasteiger partial charge in [-0.05, 0) is 42.5 Å². The molecule has 1 aliphatic heterocycles. The summed E-state index contributed by atoms with van der Waals surface area (Å²) in [5.74, 6) is 1.55. The Morgan fingerprint density at radius 3 is 2.92 bits per heavy atom. The fourth-order valence-corrected chi connectivity index (χ4v) is 3.03. The van der Waals surface area contributed by atoms with Gasteiger partial charge in [0.25, 0.3) is 0 Å². The summed E-state index contributed by atoms with van der Waals surface area (Å²) in [5.41, 5.74) is 3.05. The Morgan fingerprint density at radius 1 is 1.25 bits per heavy atom. The number of nitrogens with zero attached hydrogens (tertiary/aromatic N) is 3. The number of aromatic nitrogens is 2. The van der Waals surface area contributed by atoms with Crippen LogP contribution in [0, 0.1) is 0 Å². The van der Waals surface area contributed by atoms with Crippen LogP contribution in [0.15, 0.2) is 30.6 Å². The maximum absolute atomic E-state index is 11.7. The van der Waals surface area contributed by atoms with Crippen molar-refractivity contribution in [2.75, 3.05) is 23.9 Å². The number of carbonyl (C=O) groups is 1. The molecule has 1 aliphatic carbocycles. The molecule has 1 N–H and O–H groups in total. The first-order valence-corrected chi connectivity index (χ1v) is 8.26. The molecule has 0 spiro atoms. The lowest BCUT2D eigenvalue weighted by Crippen LogP contribution is -2.31. The van der Waals surface area contributed by atoms with Gasteiger partial charge in [-0.3, -0.25) is 0 Å². The third kappa shape index (κ3) is 3.04. The molecule has 0 atom stereocenters. The molecule has 2 heterocycles. The SMILES string of the molecule is COC(=O)c1ccc2c(c1)CCN(c1cc(NC3CC3)ncn1)C2. The minimum Gasteiger partial charge on any atom is -0.465 e. The van der Waals surface area contributed by atoms with Crippen molar-refractivity contribution in [1.82, 2.24) is 9.97 Å². The molecule has 4 rings (SSSR count). The van der Waals surface area contributed by atoms with Crippen LogP contribution in [-0.4, -0.2) is 35.6 Å². The molecule has 0 radical (unpaired) electrons. The summed E-state index contributed by atoms with van der Waals surface area (Å²) in [5, 5.41) is 3.41. The molecule has 124 valence electrons. The van der Waals surface area contributed by atoms with E-state index >= 15 is 0 Å². The first-order valence-electron chi connectivity index (χ1n) is 8.26. The average molecular weight is 324 g/mol.